The number of hydrogen-bond acceptors (Lipinski definition) is 3. The molecule has 1 amide bonds. The Bertz CT molecular complexity index is 740. The first-order valence-corrected chi connectivity index (χ1v) is 9.18. The van der Waals surface area contributed by atoms with Crippen LogP contribution >= 0.6 is 0 Å². The van der Waals surface area contributed by atoms with Crippen LogP contribution in [-0.2, 0) is 11.3 Å². The summed E-state index contributed by atoms with van der Waals surface area (Å²) in [6.07, 6.45) is -0.575. The van der Waals surface area contributed by atoms with Gasteiger partial charge in [-0.05, 0) is 49.9 Å². The highest BCUT2D eigenvalue weighted by Gasteiger charge is 2.18. The first-order valence-electron chi connectivity index (χ1n) is 9.18. The normalized spacial score (nSPS) is 11.9. The van der Waals surface area contributed by atoms with E-state index in [9.17, 15) is 4.79 Å². The van der Waals surface area contributed by atoms with Crippen LogP contribution in [0.25, 0.3) is 0 Å². The minimum Gasteiger partial charge on any atom is -0.494 e. The third-order valence-corrected chi connectivity index (χ3v) is 4.19. The van der Waals surface area contributed by atoms with Gasteiger partial charge < -0.3 is 14.8 Å². The fourth-order valence-electron chi connectivity index (χ4n) is 2.74. The maximum absolute atomic E-state index is 12.5. The second-order valence-corrected chi connectivity index (χ2v) is 6.71. The molecule has 0 aromatic heterocycles. The number of rotatable bonds is 8. The molecule has 0 saturated heterocycles. The minimum absolute atomic E-state index is 0.146. The number of carbonyl (C=O) groups excluding carboxylic acids is 1. The highest BCUT2D eigenvalue weighted by molar-refractivity contribution is 5.80. The molecule has 1 N–H and O–H groups in total. The van der Waals surface area contributed by atoms with Crippen molar-refractivity contribution in [3.8, 4) is 11.5 Å². The summed E-state index contributed by atoms with van der Waals surface area (Å²) in [4.78, 5) is 12.5. The van der Waals surface area contributed by atoms with Gasteiger partial charge in [0.1, 0.15) is 11.5 Å². The number of aryl methyl sites for hydroxylation is 1. The summed E-state index contributed by atoms with van der Waals surface area (Å²) in [5, 5.41) is 2.94. The third kappa shape index (κ3) is 5.25. The molecule has 0 unspecified atom stereocenters. The summed E-state index contributed by atoms with van der Waals surface area (Å²) < 4.78 is 11.6. The van der Waals surface area contributed by atoms with Gasteiger partial charge in [0.05, 0.1) is 6.61 Å². The Kier molecular flexibility index (Phi) is 7.07. The number of amides is 1. The van der Waals surface area contributed by atoms with Crippen LogP contribution in [0.4, 0.5) is 0 Å². The number of para-hydroxylation sites is 1. The molecule has 0 saturated carbocycles. The lowest BCUT2D eigenvalue weighted by Gasteiger charge is -2.19. The molecule has 0 spiro atoms. The van der Waals surface area contributed by atoms with Gasteiger partial charge in [-0.1, -0.05) is 44.2 Å². The van der Waals surface area contributed by atoms with Crippen molar-refractivity contribution in [3.63, 3.8) is 0 Å². The Morgan fingerprint density at radius 2 is 1.81 bits per heavy atom. The molecular formula is C22H29NO3. The quantitative estimate of drug-likeness (QED) is 0.753. The summed E-state index contributed by atoms with van der Waals surface area (Å²) in [6.45, 7) is 11.0. The lowest BCUT2D eigenvalue weighted by atomic mass is 10.0. The van der Waals surface area contributed by atoms with Crippen LogP contribution < -0.4 is 14.8 Å². The molecule has 0 bridgehead atoms. The van der Waals surface area contributed by atoms with Crippen molar-refractivity contribution in [2.24, 2.45) is 0 Å². The van der Waals surface area contributed by atoms with Gasteiger partial charge in [-0.15, -0.1) is 0 Å². The fourth-order valence-corrected chi connectivity index (χ4v) is 2.74. The van der Waals surface area contributed by atoms with Gasteiger partial charge in [0.15, 0.2) is 6.10 Å². The van der Waals surface area contributed by atoms with Crippen molar-refractivity contribution < 1.29 is 14.3 Å². The summed E-state index contributed by atoms with van der Waals surface area (Å²) in [7, 11) is 0. The topological polar surface area (TPSA) is 47.6 Å². The Morgan fingerprint density at radius 3 is 2.50 bits per heavy atom. The second-order valence-electron chi connectivity index (χ2n) is 6.71. The smallest absolute Gasteiger partial charge is 0.261 e. The van der Waals surface area contributed by atoms with Crippen LogP contribution in [0.5, 0.6) is 11.5 Å². The van der Waals surface area contributed by atoms with E-state index in [0.29, 0.717) is 19.1 Å². The maximum atomic E-state index is 12.5. The lowest BCUT2D eigenvalue weighted by molar-refractivity contribution is -0.127. The maximum Gasteiger partial charge on any atom is 0.261 e. The number of benzene rings is 2. The zero-order valence-corrected chi connectivity index (χ0v) is 16.3. The molecule has 1 atom stereocenters. The van der Waals surface area contributed by atoms with Gasteiger partial charge in [0, 0.05) is 12.1 Å². The fraction of sp³-hybridized carbons (Fsp3) is 0.409. The summed E-state index contributed by atoms with van der Waals surface area (Å²) in [6, 6.07) is 13.8. The van der Waals surface area contributed by atoms with Crippen molar-refractivity contribution >= 4 is 5.91 Å². The Labute approximate surface area is 156 Å². The molecule has 0 aliphatic rings. The van der Waals surface area contributed by atoms with E-state index in [1.54, 1.807) is 6.92 Å². The molecule has 0 heterocycles. The van der Waals surface area contributed by atoms with Crippen molar-refractivity contribution in [2.45, 2.75) is 53.2 Å². The molecule has 0 fully saturated rings. The van der Waals surface area contributed by atoms with E-state index >= 15 is 0 Å². The van der Waals surface area contributed by atoms with Gasteiger partial charge in [0.2, 0.25) is 0 Å². The Hall–Kier alpha value is -2.49. The van der Waals surface area contributed by atoms with E-state index in [1.807, 2.05) is 44.2 Å². The molecule has 4 nitrogen and oxygen atoms in total. The Morgan fingerprint density at radius 1 is 1.08 bits per heavy atom. The van der Waals surface area contributed by atoms with Crippen LogP contribution in [0.15, 0.2) is 42.5 Å². The predicted molar refractivity (Wildman–Crippen MR) is 105 cm³/mol. The number of ether oxygens (including phenoxy) is 2. The average molecular weight is 355 g/mol. The van der Waals surface area contributed by atoms with Crippen molar-refractivity contribution in [3.05, 3.63) is 59.2 Å². The number of carbonyl (C=O) groups is 1. The van der Waals surface area contributed by atoms with Gasteiger partial charge in [-0.2, -0.15) is 0 Å². The van der Waals surface area contributed by atoms with Crippen LogP contribution in [-0.4, -0.2) is 18.6 Å². The molecular weight excluding hydrogens is 326 g/mol. The molecule has 140 valence electrons. The molecule has 2 aromatic rings. The van der Waals surface area contributed by atoms with E-state index in [2.05, 4.69) is 31.3 Å². The monoisotopic (exact) mass is 355 g/mol. The molecule has 2 rings (SSSR count). The zero-order chi connectivity index (χ0) is 19.1. The molecule has 0 aliphatic heterocycles. The van der Waals surface area contributed by atoms with Crippen LogP contribution in [0.2, 0.25) is 0 Å². The summed E-state index contributed by atoms with van der Waals surface area (Å²) in [5.41, 5.74) is 3.17. The van der Waals surface area contributed by atoms with Crippen molar-refractivity contribution in [1.82, 2.24) is 5.32 Å². The SMILES string of the molecule is CCOc1ccccc1CNC(=O)[C@H](C)Oc1cc(C)ccc1C(C)C. The zero-order valence-electron chi connectivity index (χ0n) is 16.3. The van der Waals surface area contributed by atoms with E-state index in [-0.39, 0.29) is 5.91 Å². The molecule has 2 aromatic carbocycles. The molecule has 4 heteroatoms. The summed E-state index contributed by atoms with van der Waals surface area (Å²) in [5.74, 6) is 1.76. The molecule has 0 radical (unpaired) electrons. The Balaban J connectivity index is 2.02. The van der Waals surface area contributed by atoms with Gasteiger partial charge >= 0.3 is 0 Å². The predicted octanol–water partition coefficient (Wildman–Crippen LogP) is 4.60. The first-order chi connectivity index (χ1) is 12.4. The van der Waals surface area contributed by atoms with Crippen LogP contribution in [0.1, 0.15) is 50.3 Å². The molecule has 0 aliphatic carbocycles. The second kappa shape index (κ2) is 9.27. The minimum atomic E-state index is -0.575. The van der Waals surface area contributed by atoms with Crippen LogP contribution in [0, 0.1) is 6.92 Å². The first kappa shape index (κ1) is 19.8. The van der Waals surface area contributed by atoms with Crippen LogP contribution in [0.3, 0.4) is 0 Å². The van der Waals surface area contributed by atoms with E-state index in [0.717, 1.165) is 28.2 Å². The van der Waals surface area contributed by atoms with Gasteiger partial charge in [-0.25, -0.2) is 0 Å². The standard InChI is InChI=1S/C22H29NO3/c1-6-25-20-10-8-7-9-18(20)14-23-22(24)17(5)26-21-13-16(4)11-12-19(21)15(2)3/h7-13,15,17H,6,14H2,1-5H3,(H,23,24)/t17-/m0/s1. The van der Waals surface area contributed by atoms with E-state index < -0.39 is 6.10 Å². The summed E-state index contributed by atoms with van der Waals surface area (Å²) >= 11 is 0. The number of nitrogens with one attached hydrogen (secondary N) is 1. The van der Waals surface area contributed by atoms with Gasteiger partial charge in [0.25, 0.3) is 5.91 Å². The highest BCUT2D eigenvalue weighted by atomic mass is 16.5. The van der Waals surface area contributed by atoms with E-state index in [4.69, 9.17) is 9.47 Å². The number of hydrogen-bond donors (Lipinski definition) is 1. The highest BCUT2D eigenvalue weighted by Crippen LogP contribution is 2.28. The largest absolute Gasteiger partial charge is 0.494 e. The molecule has 26 heavy (non-hydrogen) atoms. The lowest BCUT2D eigenvalue weighted by Crippen LogP contribution is -2.36. The third-order valence-electron chi connectivity index (χ3n) is 4.19. The van der Waals surface area contributed by atoms with Crippen molar-refractivity contribution in [1.29, 1.82) is 0 Å². The van der Waals surface area contributed by atoms with Gasteiger partial charge in [-0.3, -0.25) is 4.79 Å². The average Bonchev–Trinajstić information content (AvgIpc) is 2.60. The van der Waals surface area contributed by atoms with E-state index in [1.165, 1.54) is 0 Å². The van der Waals surface area contributed by atoms with Crippen molar-refractivity contribution in [2.75, 3.05) is 6.61 Å².